The predicted octanol–water partition coefficient (Wildman–Crippen LogP) is 1.36. The lowest BCUT2D eigenvalue weighted by Gasteiger charge is -2.35. The van der Waals surface area contributed by atoms with Gasteiger partial charge in [0.25, 0.3) is 5.91 Å². The Kier molecular flexibility index (Phi) is 5.73. The third-order valence-corrected chi connectivity index (χ3v) is 5.26. The summed E-state index contributed by atoms with van der Waals surface area (Å²) in [6.07, 6.45) is 5.28. The van der Waals surface area contributed by atoms with Gasteiger partial charge in [-0.05, 0) is 32.1 Å². The molecule has 0 aliphatic carbocycles. The van der Waals surface area contributed by atoms with Gasteiger partial charge in [-0.25, -0.2) is 0 Å². The lowest BCUT2D eigenvalue weighted by atomic mass is 10.0. The van der Waals surface area contributed by atoms with E-state index in [2.05, 4.69) is 10.4 Å². The number of nitrogens with zero attached hydrogens (tertiary/aromatic N) is 3. The summed E-state index contributed by atoms with van der Waals surface area (Å²) in [6.45, 7) is 7.47. The molecule has 3 heterocycles. The first-order valence-corrected chi connectivity index (χ1v) is 9.30. The summed E-state index contributed by atoms with van der Waals surface area (Å²) in [4.78, 5) is 26.9. The summed E-state index contributed by atoms with van der Waals surface area (Å²) in [6, 6.07) is -0.371. The van der Waals surface area contributed by atoms with Gasteiger partial charge in [0.1, 0.15) is 6.04 Å². The average Bonchev–Trinajstić information content (AvgIpc) is 2.98. The summed E-state index contributed by atoms with van der Waals surface area (Å²) in [5, 5.41) is 7.31. The van der Waals surface area contributed by atoms with E-state index in [-0.39, 0.29) is 17.9 Å². The van der Waals surface area contributed by atoms with Crippen molar-refractivity contribution in [3.8, 4) is 0 Å². The van der Waals surface area contributed by atoms with Crippen molar-refractivity contribution in [3.63, 3.8) is 0 Å². The van der Waals surface area contributed by atoms with Gasteiger partial charge in [0.15, 0.2) is 0 Å². The fraction of sp³-hybridized carbons (Fsp3) is 0.722. The third-order valence-electron chi connectivity index (χ3n) is 5.26. The van der Waals surface area contributed by atoms with Crippen LogP contribution in [0.3, 0.4) is 0 Å². The number of carbonyl (C=O) groups is 2. The first kappa shape index (κ1) is 17.9. The Morgan fingerprint density at radius 1 is 1.40 bits per heavy atom. The summed E-state index contributed by atoms with van der Waals surface area (Å²) in [5.41, 5.74) is 1.50. The van der Waals surface area contributed by atoms with Gasteiger partial charge in [-0.1, -0.05) is 13.3 Å². The molecule has 0 saturated carbocycles. The van der Waals surface area contributed by atoms with Crippen LogP contribution in [0.1, 0.15) is 48.7 Å². The number of hydrogen-bond acceptors (Lipinski definition) is 4. The van der Waals surface area contributed by atoms with Crippen LogP contribution in [0.15, 0.2) is 6.20 Å². The largest absolute Gasteiger partial charge is 0.381 e. The van der Waals surface area contributed by atoms with Crippen LogP contribution < -0.4 is 5.32 Å². The van der Waals surface area contributed by atoms with Gasteiger partial charge >= 0.3 is 0 Å². The second kappa shape index (κ2) is 7.99. The molecule has 25 heavy (non-hydrogen) atoms. The van der Waals surface area contributed by atoms with Crippen molar-refractivity contribution >= 4 is 11.8 Å². The van der Waals surface area contributed by atoms with Crippen LogP contribution >= 0.6 is 0 Å². The Bertz CT molecular complexity index is 622. The molecule has 1 aromatic rings. The number of ether oxygens (including phenoxy) is 1. The number of nitrogens with one attached hydrogen (secondary N) is 1. The highest BCUT2D eigenvalue weighted by molar-refractivity contribution is 5.98. The molecule has 2 aliphatic heterocycles. The van der Waals surface area contributed by atoms with Gasteiger partial charge in [-0.3, -0.25) is 14.3 Å². The molecule has 0 aromatic carbocycles. The van der Waals surface area contributed by atoms with Crippen molar-refractivity contribution in [1.82, 2.24) is 20.0 Å². The van der Waals surface area contributed by atoms with Crippen LogP contribution in [0, 0.1) is 12.8 Å². The van der Waals surface area contributed by atoms with Crippen LogP contribution in [0.2, 0.25) is 0 Å². The zero-order chi connectivity index (χ0) is 17.8. The van der Waals surface area contributed by atoms with Gasteiger partial charge in [0, 0.05) is 38.5 Å². The first-order chi connectivity index (χ1) is 12.1. The van der Waals surface area contributed by atoms with Crippen molar-refractivity contribution in [1.29, 1.82) is 0 Å². The van der Waals surface area contributed by atoms with E-state index in [1.165, 1.54) is 0 Å². The molecule has 2 amide bonds. The minimum absolute atomic E-state index is 0.0475. The van der Waals surface area contributed by atoms with Crippen LogP contribution in [0.5, 0.6) is 0 Å². The maximum Gasteiger partial charge on any atom is 0.258 e. The number of hydrogen-bond donors (Lipinski definition) is 1. The van der Waals surface area contributed by atoms with Crippen LogP contribution in [0.25, 0.3) is 0 Å². The third kappa shape index (κ3) is 3.86. The Morgan fingerprint density at radius 2 is 2.16 bits per heavy atom. The average molecular weight is 348 g/mol. The van der Waals surface area contributed by atoms with Gasteiger partial charge in [0.05, 0.1) is 11.8 Å². The lowest BCUT2D eigenvalue weighted by molar-refractivity contribution is -0.128. The maximum atomic E-state index is 13.0. The number of piperazine rings is 1. The highest BCUT2D eigenvalue weighted by Crippen LogP contribution is 2.21. The van der Waals surface area contributed by atoms with Crippen molar-refractivity contribution in [2.24, 2.45) is 5.92 Å². The van der Waals surface area contributed by atoms with Crippen LogP contribution in [0.4, 0.5) is 0 Å². The zero-order valence-electron chi connectivity index (χ0n) is 15.2. The van der Waals surface area contributed by atoms with E-state index in [4.69, 9.17) is 4.74 Å². The SMILES string of the molecule is CCC[C@H]1C(=O)NCCN1C(=O)c1cnn(CC2CCOCC2)c1C. The molecule has 138 valence electrons. The molecule has 2 aliphatic rings. The van der Waals surface area contributed by atoms with E-state index in [9.17, 15) is 9.59 Å². The van der Waals surface area contributed by atoms with E-state index < -0.39 is 0 Å². The lowest BCUT2D eigenvalue weighted by Crippen LogP contribution is -2.57. The molecular weight excluding hydrogens is 320 g/mol. The molecule has 1 aromatic heterocycles. The fourth-order valence-electron chi connectivity index (χ4n) is 3.69. The summed E-state index contributed by atoms with van der Waals surface area (Å²) in [7, 11) is 0. The summed E-state index contributed by atoms with van der Waals surface area (Å²) in [5.74, 6) is 0.418. The molecule has 1 N–H and O–H groups in total. The quantitative estimate of drug-likeness (QED) is 0.872. The smallest absolute Gasteiger partial charge is 0.258 e. The summed E-state index contributed by atoms with van der Waals surface area (Å²) < 4.78 is 7.34. The molecule has 3 rings (SSSR count). The molecular formula is C18H28N4O3. The normalized spacial score (nSPS) is 22.1. The van der Waals surface area contributed by atoms with Crippen LogP contribution in [-0.2, 0) is 16.1 Å². The standard InChI is InChI=1S/C18H28N4O3/c1-3-4-16-17(23)19-7-8-21(16)18(24)15-11-20-22(13(15)2)12-14-5-9-25-10-6-14/h11,14,16H,3-10,12H2,1-2H3,(H,19,23)/t16-/m0/s1. The molecule has 0 bridgehead atoms. The minimum Gasteiger partial charge on any atom is -0.381 e. The van der Waals surface area contributed by atoms with E-state index >= 15 is 0 Å². The van der Waals surface area contributed by atoms with E-state index in [0.717, 1.165) is 44.7 Å². The minimum atomic E-state index is -0.371. The highest BCUT2D eigenvalue weighted by Gasteiger charge is 2.34. The van der Waals surface area contributed by atoms with Crippen molar-refractivity contribution in [3.05, 3.63) is 17.5 Å². The van der Waals surface area contributed by atoms with Crippen molar-refractivity contribution < 1.29 is 14.3 Å². The van der Waals surface area contributed by atoms with Gasteiger partial charge in [0.2, 0.25) is 5.91 Å². The second-order valence-corrected chi connectivity index (χ2v) is 6.98. The monoisotopic (exact) mass is 348 g/mol. The van der Waals surface area contributed by atoms with E-state index in [0.29, 0.717) is 31.0 Å². The second-order valence-electron chi connectivity index (χ2n) is 6.98. The van der Waals surface area contributed by atoms with Crippen LogP contribution in [-0.4, -0.2) is 58.8 Å². The molecule has 2 fully saturated rings. The number of amides is 2. The van der Waals surface area contributed by atoms with Crippen molar-refractivity contribution in [2.75, 3.05) is 26.3 Å². The maximum absolute atomic E-state index is 13.0. The Hall–Kier alpha value is -1.89. The molecule has 7 heteroatoms. The van der Waals surface area contributed by atoms with E-state index in [1.54, 1.807) is 11.1 Å². The Balaban J connectivity index is 1.74. The van der Waals surface area contributed by atoms with Gasteiger partial charge in [-0.2, -0.15) is 5.10 Å². The van der Waals surface area contributed by atoms with Gasteiger partial charge in [-0.15, -0.1) is 0 Å². The van der Waals surface area contributed by atoms with Crippen molar-refractivity contribution in [2.45, 2.75) is 52.1 Å². The molecule has 0 spiro atoms. The fourth-order valence-corrected chi connectivity index (χ4v) is 3.69. The molecule has 0 radical (unpaired) electrons. The molecule has 0 unspecified atom stereocenters. The summed E-state index contributed by atoms with van der Waals surface area (Å²) >= 11 is 0. The molecule has 7 nitrogen and oxygen atoms in total. The number of aromatic nitrogens is 2. The van der Waals surface area contributed by atoms with Gasteiger partial charge < -0.3 is 15.0 Å². The highest BCUT2D eigenvalue weighted by atomic mass is 16.5. The topological polar surface area (TPSA) is 76.5 Å². The molecule has 2 saturated heterocycles. The molecule has 1 atom stereocenters. The zero-order valence-corrected chi connectivity index (χ0v) is 15.2. The predicted molar refractivity (Wildman–Crippen MR) is 93.2 cm³/mol. The number of rotatable bonds is 5. The Morgan fingerprint density at radius 3 is 2.88 bits per heavy atom. The number of carbonyl (C=O) groups excluding carboxylic acids is 2. The Labute approximate surface area is 148 Å². The van der Waals surface area contributed by atoms with E-state index in [1.807, 2.05) is 18.5 Å². The first-order valence-electron chi connectivity index (χ1n) is 9.30.